The number of nitrogens with one attached hydrogen (secondary N) is 4. The van der Waals surface area contributed by atoms with Crippen molar-refractivity contribution in [2.45, 2.75) is 25.3 Å². The number of halogens is 1. The van der Waals surface area contributed by atoms with Crippen LogP contribution in [0.15, 0.2) is 78.9 Å². The quantitative estimate of drug-likeness (QED) is 0.218. The fraction of sp³-hybridized carbons (Fsp3) is 0.143. The molecular formula is C28H24FN7O. The molecular weight excluding hydrogens is 469 g/mol. The molecule has 0 spiro atoms. The number of anilines is 4. The van der Waals surface area contributed by atoms with Crippen LogP contribution in [-0.4, -0.2) is 26.1 Å². The third-order valence-electron chi connectivity index (χ3n) is 6.23. The van der Waals surface area contributed by atoms with Crippen molar-refractivity contribution in [3.63, 3.8) is 0 Å². The molecule has 1 saturated carbocycles. The van der Waals surface area contributed by atoms with Gasteiger partial charge in [-0.3, -0.25) is 9.89 Å². The van der Waals surface area contributed by atoms with Gasteiger partial charge in [0.15, 0.2) is 5.82 Å². The summed E-state index contributed by atoms with van der Waals surface area (Å²) in [5.74, 6) is 1.85. The highest BCUT2D eigenvalue weighted by molar-refractivity contribution is 5.94. The second-order valence-corrected chi connectivity index (χ2v) is 9.03. The van der Waals surface area contributed by atoms with Crippen molar-refractivity contribution in [1.82, 2.24) is 25.5 Å². The molecule has 8 nitrogen and oxygen atoms in total. The van der Waals surface area contributed by atoms with Crippen molar-refractivity contribution in [1.29, 1.82) is 0 Å². The molecule has 0 aliphatic heterocycles. The molecule has 2 heterocycles. The maximum Gasteiger partial charge on any atom is 0.251 e. The summed E-state index contributed by atoms with van der Waals surface area (Å²) in [5.41, 5.74) is 4.01. The van der Waals surface area contributed by atoms with Gasteiger partial charge >= 0.3 is 0 Å². The van der Waals surface area contributed by atoms with E-state index in [0.717, 1.165) is 27.8 Å². The minimum Gasteiger partial charge on any atom is -0.348 e. The highest BCUT2D eigenvalue weighted by Gasteiger charge is 2.25. The molecule has 1 fully saturated rings. The smallest absolute Gasteiger partial charge is 0.251 e. The van der Waals surface area contributed by atoms with Crippen LogP contribution in [0.5, 0.6) is 0 Å². The molecule has 0 atom stereocenters. The van der Waals surface area contributed by atoms with Gasteiger partial charge in [-0.15, -0.1) is 0 Å². The zero-order valence-corrected chi connectivity index (χ0v) is 19.8. The highest BCUT2D eigenvalue weighted by atomic mass is 19.1. The van der Waals surface area contributed by atoms with E-state index in [1.807, 2.05) is 30.3 Å². The van der Waals surface area contributed by atoms with Gasteiger partial charge in [0.25, 0.3) is 5.91 Å². The Balaban J connectivity index is 1.16. The van der Waals surface area contributed by atoms with Gasteiger partial charge in [0.1, 0.15) is 11.6 Å². The molecule has 0 bridgehead atoms. The van der Waals surface area contributed by atoms with Crippen molar-refractivity contribution in [2.75, 3.05) is 10.6 Å². The number of carbonyl (C=O) groups is 1. The summed E-state index contributed by atoms with van der Waals surface area (Å²) in [6.07, 6.45) is 2.39. The Morgan fingerprint density at radius 1 is 0.946 bits per heavy atom. The molecule has 1 aliphatic rings. The molecule has 1 aliphatic carbocycles. The average molecular weight is 494 g/mol. The lowest BCUT2D eigenvalue weighted by Gasteiger charge is -2.11. The van der Waals surface area contributed by atoms with E-state index in [1.54, 1.807) is 36.4 Å². The Hall–Kier alpha value is -4.79. The van der Waals surface area contributed by atoms with Crippen LogP contribution in [-0.2, 0) is 6.54 Å². The molecule has 1 amide bonds. The van der Waals surface area contributed by atoms with E-state index in [-0.39, 0.29) is 11.7 Å². The molecule has 9 heteroatoms. The third-order valence-corrected chi connectivity index (χ3v) is 6.23. The van der Waals surface area contributed by atoms with Crippen LogP contribution in [0.1, 0.15) is 40.4 Å². The summed E-state index contributed by atoms with van der Waals surface area (Å²) >= 11 is 0. The minimum absolute atomic E-state index is 0.214. The van der Waals surface area contributed by atoms with E-state index in [2.05, 4.69) is 31.1 Å². The second-order valence-electron chi connectivity index (χ2n) is 9.03. The number of benzene rings is 3. The number of aromatic amines is 1. The number of H-pyrrole nitrogens is 1. The van der Waals surface area contributed by atoms with Gasteiger partial charge in [-0.05, 0) is 66.9 Å². The number of aromatic nitrogens is 4. The van der Waals surface area contributed by atoms with Crippen LogP contribution in [0.2, 0.25) is 0 Å². The number of fused-ring (bicyclic) bond motifs is 1. The van der Waals surface area contributed by atoms with E-state index < -0.39 is 0 Å². The summed E-state index contributed by atoms with van der Waals surface area (Å²) in [4.78, 5) is 21.9. The van der Waals surface area contributed by atoms with Gasteiger partial charge in [-0.2, -0.15) is 10.1 Å². The van der Waals surface area contributed by atoms with Gasteiger partial charge in [0, 0.05) is 40.9 Å². The average Bonchev–Trinajstić information content (AvgIpc) is 3.67. The minimum atomic E-state index is -0.305. The zero-order chi connectivity index (χ0) is 25.2. The van der Waals surface area contributed by atoms with E-state index in [4.69, 9.17) is 4.98 Å². The first kappa shape index (κ1) is 22.7. The monoisotopic (exact) mass is 493 g/mol. The van der Waals surface area contributed by atoms with Crippen LogP contribution in [0, 0.1) is 5.82 Å². The lowest BCUT2D eigenvalue weighted by Crippen LogP contribution is -2.22. The summed E-state index contributed by atoms with van der Waals surface area (Å²) in [6.45, 7) is 0.317. The molecule has 0 unspecified atom stereocenters. The van der Waals surface area contributed by atoms with E-state index in [1.165, 1.54) is 25.0 Å². The Morgan fingerprint density at radius 2 is 1.73 bits per heavy atom. The Morgan fingerprint density at radius 3 is 2.51 bits per heavy atom. The zero-order valence-electron chi connectivity index (χ0n) is 19.8. The van der Waals surface area contributed by atoms with E-state index >= 15 is 0 Å². The number of rotatable bonds is 8. The van der Waals surface area contributed by atoms with Gasteiger partial charge in [-0.25, -0.2) is 9.37 Å². The fourth-order valence-corrected chi connectivity index (χ4v) is 4.07. The molecule has 4 N–H and O–H groups in total. The number of carbonyl (C=O) groups excluding carboxylic acids is 1. The number of hydrogen-bond donors (Lipinski definition) is 4. The number of nitrogens with zero attached hydrogens (tertiary/aromatic N) is 3. The maximum absolute atomic E-state index is 13.1. The molecule has 3 aromatic carbocycles. The Kier molecular flexibility index (Phi) is 5.94. The molecule has 0 radical (unpaired) electrons. The van der Waals surface area contributed by atoms with Crippen LogP contribution < -0.4 is 16.0 Å². The number of hydrogen-bond acceptors (Lipinski definition) is 6. The van der Waals surface area contributed by atoms with Crippen molar-refractivity contribution >= 4 is 40.1 Å². The SMILES string of the molecule is O=C(NCc1ccc(F)cc1)c1ccc(Nc2nc(Nc3cc(C4CC4)[nH]n3)c3ccccc3n2)cc1. The summed E-state index contributed by atoms with van der Waals surface area (Å²) in [7, 11) is 0. The number of para-hydroxylation sites is 1. The first-order valence-electron chi connectivity index (χ1n) is 12.1. The van der Waals surface area contributed by atoms with Crippen LogP contribution >= 0.6 is 0 Å². The molecule has 2 aromatic heterocycles. The van der Waals surface area contributed by atoms with Crippen molar-refractivity contribution in [2.24, 2.45) is 0 Å². The molecule has 0 saturated heterocycles. The second kappa shape index (κ2) is 9.69. The highest BCUT2D eigenvalue weighted by Crippen LogP contribution is 2.39. The summed E-state index contributed by atoms with van der Waals surface area (Å²) < 4.78 is 13.1. The van der Waals surface area contributed by atoms with Crippen LogP contribution in [0.4, 0.5) is 27.7 Å². The van der Waals surface area contributed by atoms with Crippen molar-refractivity contribution in [3.8, 4) is 0 Å². The van der Waals surface area contributed by atoms with E-state index in [0.29, 0.717) is 35.6 Å². The first-order chi connectivity index (χ1) is 18.1. The lowest BCUT2D eigenvalue weighted by molar-refractivity contribution is 0.0951. The Labute approximate surface area is 212 Å². The fourth-order valence-electron chi connectivity index (χ4n) is 4.07. The number of amides is 1. The summed E-state index contributed by atoms with van der Waals surface area (Å²) in [6, 6.07) is 22.9. The van der Waals surface area contributed by atoms with Crippen molar-refractivity contribution < 1.29 is 9.18 Å². The van der Waals surface area contributed by atoms with Crippen LogP contribution in [0.25, 0.3) is 10.9 Å². The largest absolute Gasteiger partial charge is 0.348 e. The first-order valence-corrected chi connectivity index (χ1v) is 12.1. The van der Waals surface area contributed by atoms with Crippen molar-refractivity contribution in [3.05, 3.63) is 102 Å². The lowest BCUT2D eigenvalue weighted by atomic mass is 10.1. The third kappa shape index (κ3) is 5.25. The van der Waals surface area contributed by atoms with Gasteiger partial charge < -0.3 is 16.0 Å². The molecule has 37 heavy (non-hydrogen) atoms. The van der Waals surface area contributed by atoms with Gasteiger partial charge in [0.05, 0.1) is 5.52 Å². The normalized spacial score (nSPS) is 12.9. The summed E-state index contributed by atoms with van der Waals surface area (Å²) in [5, 5.41) is 17.8. The predicted molar refractivity (Wildman–Crippen MR) is 141 cm³/mol. The maximum atomic E-state index is 13.1. The van der Waals surface area contributed by atoms with E-state index in [9.17, 15) is 9.18 Å². The van der Waals surface area contributed by atoms with Gasteiger partial charge in [-0.1, -0.05) is 24.3 Å². The molecule has 184 valence electrons. The molecule has 6 rings (SSSR count). The predicted octanol–water partition coefficient (Wildman–Crippen LogP) is 5.79. The standard InChI is InChI=1S/C28H24FN7O/c29-20-11-5-17(6-12-20)16-30-27(37)19-9-13-21(14-10-19)31-28-32-23-4-2-1-3-22(23)26(34-28)33-25-15-24(35-36-25)18-7-8-18/h1-6,9-15,18H,7-8,16H2,(H,30,37)(H3,31,32,33,34,35,36). The van der Waals surface area contributed by atoms with Crippen LogP contribution in [0.3, 0.4) is 0 Å². The van der Waals surface area contributed by atoms with Gasteiger partial charge in [0.2, 0.25) is 5.95 Å². The Bertz CT molecular complexity index is 1560. The topological polar surface area (TPSA) is 108 Å². The molecule has 5 aromatic rings.